The molecule has 4 fully saturated rings. The van der Waals surface area contributed by atoms with E-state index in [2.05, 4.69) is 6.92 Å². The minimum absolute atomic E-state index is 0.0909. The molecule has 0 aromatic rings. The van der Waals surface area contributed by atoms with Crippen molar-refractivity contribution in [3.63, 3.8) is 0 Å². The first-order valence-electron chi connectivity index (χ1n) is 11.7. The summed E-state index contributed by atoms with van der Waals surface area (Å²) in [5, 5.41) is 0. The molecule has 4 rings (SSSR count). The smallest absolute Gasteiger partial charge is 0.242 e. The van der Waals surface area contributed by atoms with E-state index in [4.69, 9.17) is 0 Å². The second-order valence-electron chi connectivity index (χ2n) is 9.91. The predicted molar refractivity (Wildman–Crippen MR) is 111 cm³/mol. The van der Waals surface area contributed by atoms with Crippen molar-refractivity contribution in [3.8, 4) is 0 Å². The van der Waals surface area contributed by atoms with E-state index in [1.54, 1.807) is 18.7 Å². The molecule has 3 heterocycles. The molecule has 3 saturated heterocycles. The van der Waals surface area contributed by atoms with Crippen LogP contribution in [0.25, 0.3) is 0 Å². The van der Waals surface area contributed by atoms with Crippen LogP contribution >= 0.6 is 0 Å². The van der Waals surface area contributed by atoms with Crippen molar-refractivity contribution < 1.29 is 19.2 Å². The SMILES string of the molecule is CCC1CCC(C(=O)N2CC[C@@H]3CN(C(=O)CN4C(=O)[C@@H](C)[C@@H](C)C4=O)C[C@@H]32)CC1. The monoisotopic (exact) mass is 417 g/mol. The molecule has 7 heteroatoms. The van der Waals surface area contributed by atoms with Crippen LogP contribution in [0, 0.1) is 29.6 Å². The Morgan fingerprint density at radius 3 is 2.17 bits per heavy atom. The number of nitrogens with zero attached hydrogens (tertiary/aromatic N) is 3. The van der Waals surface area contributed by atoms with Crippen molar-refractivity contribution in [2.75, 3.05) is 26.2 Å². The first-order chi connectivity index (χ1) is 14.3. The molecule has 30 heavy (non-hydrogen) atoms. The number of carbonyl (C=O) groups is 4. The van der Waals surface area contributed by atoms with Crippen LogP contribution in [0.15, 0.2) is 0 Å². The van der Waals surface area contributed by atoms with Crippen LogP contribution in [-0.2, 0) is 19.2 Å². The molecule has 3 aliphatic heterocycles. The van der Waals surface area contributed by atoms with Gasteiger partial charge in [0, 0.05) is 43.3 Å². The van der Waals surface area contributed by atoms with Crippen molar-refractivity contribution in [1.82, 2.24) is 14.7 Å². The first kappa shape index (κ1) is 21.3. The zero-order valence-corrected chi connectivity index (χ0v) is 18.5. The number of fused-ring (bicyclic) bond motifs is 1. The molecule has 0 aromatic carbocycles. The van der Waals surface area contributed by atoms with Gasteiger partial charge < -0.3 is 9.80 Å². The highest BCUT2D eigenvalue weighted by molar-refractivity contribution is 6.07. The molecule has 4 amide bonds. The van der Waals surface area contributed by atoms with Gasteiger partial charge in [0.15, 0.2) is 0 Å². The van der Waals surface area contributed by atoms with Crippen molar-refractivity contribution in [2.45, 2.75) is 65.3 Å². The number of imide groups is 1. The van der Waals surface area contributed by atoms with Gasteiger partial charge in [-0.3, -0.25) is 24.1 Å². The Morgan fingerprint density at radius 1 is 0.933 bits per heavy atom. The average Bonchev–Trinajstić information content (AvgIpc) is 3.40. The van der Waals surface area contributed by atoms with Crippen LogP contribution in [0.3, 0.4) is 0 Å². The normalized spacial score (nSPS) is 36.6. The molecule has 0 aromatic heterocycles. The number of hydrogen-bond donors (Lipinski definition) is 0. The van der Waals surface area contributed by atoms with E-state index in [-0.39, 0.29) is 54.0 Å². The van der Waals surface area contributed by atoms with Crippen LogP contribution in [0.1, 0.15) is 59.3 Å². The van der Waals surface area contributed by atoms with Crippen molar-refractivity contribution in [1.29, 1.82) is 0 Å². The first-order valence-corrected chi connectivity index (χ1v) is 11.7. The molecule has 0 spiro atoms. The number of amides is 4. The second kappa shape index (κ2) is 8.31. The molecule has 1 saturated carbocycles. The summed E-state index contributed by atoms with van der Waals surface area (Å²) in [4.78, 5) is 55.6. The zero-order chi connectivity index (χ0) is 21.6. The predicted octanol–water partition coefficient (Wildman–Crippen LogP) is 1.90. The Balaban J connectivity index is 1.34. The summed E-state index contributed by atoms with van der Waals surface area (Å²) < 4.78 is 0. The standard InChI is InChI=1S/C23H35N3O4/c1-4-16-5-7-17(8-6-16)23(30)25-10-9-18-11-24(12-19(18)25)20(27)13-26-21(28)14(2)15(3)22(26)29/h14-19H,4-13H2,1-3H3/t14-,15+,16?,17?,18-,19+/m1/s1. The largest absolute Gasteiger partial charge is 0.339 e. The van der Waals surface area contributed by atoms with Gasteiger partial charge in [-0.25, -0.2) is 0 Å². The molecule has 0 N–H and O–H groups in total. The molecule has 0 bridgehead atoms. The summed E-state index contributed by atoms with van der Waals surface area (Å²) in [6.07, 6.45) is 6.40. The van der Waals surface area contributed by atoms with Gasteiger partial charge in [0.1, 0.15) is 6.54 Å². The van der Waals surface area contributed by atoms with E-state index in [9.17, 15) is 19.2 Å². The van der Waals surface area contributed by atoms with Crippen molar-refractivity contribution >= 4 is 23.6 Å². The van der Waals surface area contributed by atoms with Crippen LogP contribution in [0.5, 0.6) is 0 Å². The molecule has 0 unspecified atom stereocenters. The summed E-state index contributed by atoms with van der Waals surface area (Å²) >= 11 is 0. The molecule has 7 nitrogen and oxygen atoms in total. The van der Waals surface area contributed by atoms with E-state index in [1.165, 1.54) is 6.42 Å². The third kappa shape index (κ3) is 3.65. The molecule has 0 radical (unpaired) electrons. The lowest BCUT2D eigenvalue weighted by molar-refractivity contribution is -0.146. The lowest BCUT2D eigenvalue weighted by Crippen LogP contribution is -2.46. The van der Waals surface area contributed by atoms with Crippen molar-refractivity contribution in [2.24, 2.45) is 29.6 Å². The Hall–Kier alpha value is -1.92. The molecular weight excluding hydrogens is 382 g/mol. The minimum atomic E-state index is -0.362. The maximum absolute atomic E-state index is 13.2. The molecule has 4 atom stereocenters. The van der Waals surface area contributed by atoms with Crippen LogP contribution in [0.4, 0.5) is 0 Å². The second-order valence-corrected chi connectivity index (χ2v) is 9.91. The number of carbonyl (C=O) groups excluding carboxylic acids is 4. The summed E-state index contributed by atoms with van der Waals surface area (Å²) in [6, 6.07) is 0.0909. The van der Waals surface area contributed by atoms with Gasteiger partial charge in [0.25, 0.3) is 0 Å². The van der Waals surface area contributed by atoms with Gasteiger partial charge in [-0.2, -0.15) is 0 Å². The number of rotatable bonds is 4. The summed E-state index contributed by atoms with van der Waals surface area (Å²) in [7, 11) is 0. The van der Waals surface area contributed by atoms with E-state index in [0.717, 1.165) is 49.5 Å². The zero-order valence-electron chi connectivity index (χ0n) is 18.5. The van der Waals surface area contributed by atoms with Gasteiger partial charge in [-0.15, -0.1) is 0 Å². The van der Waals surface area contributed by atoms with Gasteiger partial charge in [0.05, 0.1) is 6.04 Å². The van der Waals surface area contributed by atoms with Crippen LogP contribution in [-0.4, -0.2) is 70.5 Å². The van der Waals surface area contributed by atoms with Gasteiger partial charge >= 0.3 is 0 Å². The summed E-state index contributed by atoms with van der Waals surface area (Å²) in [6.45, 7) is 7.49. The third-order valence-corrected chi connectivity index (χ3v) is 8.31. The van der Waals surface area contributed by atoms with Gasteiger partial charge in [0.2, 0.25) is 23.6 Å². The number of hydrogen-bond acceptors (Lipinski definition) is 4. The highest BCUT2D eigenvalue weighted by Gasteiger charge is 2.48. The summed E-state index contributed by atoms with van der Waals surface area (Å²) in [5.41, 5.74) is 0. The Kier molecular flexibility index (Phi) is 5.90. The van der Waals surface area contributed by atoms with E-state index in [1.807, 2.05) is 4.90 Å². The highest BCUT2D eigenvalue weighted by atomic mass is 16.2. The fourth-order valence-corrected chi connectivity index (χ4v) is 5.91. The third-order valence-electron chi connectivity index (χ3n) is 8.31. The maximum atomic E-state index is 13.2. The lowest BCUT2D eigenvalue weighted by atomic mass is 9.80. The topological polar surface area (TPSA) is 78.0 Å². The Bertz CT molecular complexity index is 710. The molecule has 4 aliphatic rings. The Morgan fingerprint density at radius 2 is 1.57 bits per heavy atom. The molecule has 1 aliphatic carbocycles. The maximum Gasteiger partial charge on any atom is 0.242 e. The fourth-order valence-electron chi connectivity index (χ4n) is 5.91. The lowest BCUT2D eigenvalue weighted by Gasteiger charge is -2.33. The molecular formula is C23H35N3O4. The fraction of sp³-hybridized carbons (Fsp3) is 0.826. The van der Waals surface area contributed by atoms with Crippen LogP contribution in [0.2, 0.25) is 0 Å². The number of likely N-dealkylation sites (tertiary alicyclic amines) is 3. The van der Waals surface area contributed by atoms with Gasteiger partial charge in [-0.1, -0.05) is 27.2 Å². The highest BCUT2D eigenvalue weighted by Crippen LogP contribution is 2.37. The van der Waals surface area contributed by atoms with Gasteiger partial charge in [-0.05, 0) is 38.0 Å². The average molecular weight is 418 g/mol. The minimum Gasteiger partial charge on any atom is -0.339 e. The van der Waals surface area contributed by atoms with E-state index < -0.39 is 0 Å². The van der Waals surface area contributed by atoms with Crippen molar-refractivity contribution in [3.05, 3.63) is 0 Å². The van der Waals surface area contributed by atoms with Crippen LogP contribution < -0.4 is 0 Å². The Labute approximate surface area is 179 Å². The molecule has 166 valence electrons. The van der Waals surface area contributed by atoms with E-state index >= 15 is 0 Å². The van der Waals surface area contributed by atoms with E-state index in [0.29, 0.717) is 19.0 Å². The quantitative estimate of drug-likeness (QED) is 0.655. The summed E-state index contributed by atoms with van der Waals surface area (Å²) in [5.74, 6) is 0.0909.